The lowest BCUT2D eigenvalue weighted by atomic mass is 10.0. The summed E-state index contributed by atoms with van der Waals surface area (Å²) in [7, 11) is 0. The molecular weight excluding hydrogens is 336 g/mol. The molecule has 3 rings (SSSR count). The van der Waals surface area contributed by atoms with Crippen molar-refractivity contribution in [3.05, 3.63) is 107 Å². The normalized spacial score (nSPS) is 10.9. The molecule has 0 aromatic heterocycles. The van der Waals surface area contributed by atoms with E-state index in [9.17, 15) is 9.90 Å². The van der Waals surface area contributed by atoms with Crippen LogP contribution in [-0.2, 0) is 13.0 Å². The van der Waals surface area contributed by atoms with Crippen molar-refractivity contribution in [2.75, 3.05) is 0 Å². The maximum atomic E-state index is 11.3. The van der Waals surface area contributed by atoms with Gasteiger partial charge in [0.25, 0.3) is 0 Å². The first-order valence-corrected chi connectivity index (χ1v) is 8.89. The van der Waals surface area contributed by atoms with Gasteiger partial charge in [0.15, 0.2) is 0 Å². The predicted molar refractivity (Wildman–Crippen MR) is 108 cm³/mol. The molecule has 3 nitrogen and oxygen atoms in total. The van der Waals surface area contributed by atoms with Gasteiger partial charge in [0, 0.05) is 5.56 Å². The second-order valence-electron chi connectivity index (χ2n) is 6.34. The maximum Gasteiger partial charge on any atom is 0.335 e. The van der Waals surface area contributed by atoms with Crippen molar-refractivity contribution in [3.8, 4) is 5.75 Å². The quantitative estimate of drug-likeness (QED) is 0.604. The Morgan fingerprint density at radius 3 is 2.48 bits per heavy atom. The van der Waals surface area contributed by atoms with Crippen LogP contribution in [0.2, 0.25) is 0 Å². The van der Waals surface area contributed by atoms with Crippen molar-refractivity contribution >= 4 is 12.0 Å². The highest BCUT2D eigenvalue weighted by molar-refractivity contribution is 5.89. The summed E-state index contributed by atoms with van der Waals surface area (Å²) >= 11 is 0. The van der Waals surface area contributed by atoms with Gasteiger partial charge < -0.3 is 9.84 Å². The topological polar surface area (TPSA) is 46.5 Å². The van der Waals surface area contributed by atoms with Crippen molar-refractivity contribution in [1.29, 1.82) is 0 Å². The third-order valence-electron chi connectivity index (χ3n) is 4.35. The fraction of sp³-hybridized carbons (Fsp3) is 0.125. The van der Waals surface area contributed by atoms with Crippen LogP contribution in [0.4, 0.5) is 0 Å². The molecule has 3 heteroatoms. The number of hydrogen-bond donors (Lipinski definition) is 1. The van der Waals surface area contributed by atoms with E-state index in [-0.39, 0.29) is 0 Å². The molecule has 1 N–H and O–H groups in total. The van der Waals surface area contributed by atoms with Crippen molar-refractivity contribution in [1.82, 2.24) is 0 Å². The Balaban J connectivity index is 1.76. The molecule has 136 valence electrons. The molecule has 0 bridgehead atoms. The zero-order valence-corrected chi connectivity index (χ0v) is 15.3. The predicted octanol–water partition coefficient (Wildman–Crippen LogP) is 5.53. The molecule has 27 heavy (non-hydrogen) atoms. The summed E-state index contributed by atoms with van der Waals surface area (Å²) in [5.41, 5.74) is 4.30. The molecule has 3 aromatic carbocycles. The summed E-state index contributed by atoms with van der Waals surface area (Å²) in [6.07, 6.45) is 4.52. The first kappa shape index (κ1) is 18.5. The van der Waals surface area contributed by atoms with Crippen LogP contribution in [-0.4, -0.2) is 11.1 Å². The fourth-order valence-corrected chi connectivity index (χ4v) is 2.95. The summed E-state index contributed by atoms with van der Waals surface area (Å²) in [6.45, 7) is 2.53. The van der Waals surface area contributed by atoms with E-state index in [2.05, 4.69) is 0 Å². The van der Waals surface area contributed by atoms with Crippen LogP contribution in [0.5, 0.6) is 5.75 Å². The molecule has 0 aliphatic rings. The van der Waals surface area contributed by atoms with Crippen molar-refractivity contribution < 1.29 is 14.6 Å². The third-order valence-corrected chi connectivity index (χ3v) is 4.35. The minimum atomic E-state index is -0.901. The molecule has 0 saturated heterocycles. The smallest absolute Gasteiger partial charge is 0.335 e. The van der Waals surface area contributed by atoms with Gasteiger partial charge in [-0.3, -0.25) is 0 Å². The first-order chi connectivity index (χ1) is 13.1. The van der Waals surface area contributed by atoms with Crippen LogP contribution in [0.1, 0.15) is 32.6 Å². The maximum absolute atomic E-state index is 11.3. The number of allylic oxidation sites excluding steroid dienone is 1. The fourth-order valence-electron chi connectivity index (χ4n) is 2.95. The lowest BCUT2D eigenvalue weighted by Gasteiger charge is -2.12. The highest BCUT2D eigenvalue weighted by atomic mass is 16.5. The number of hydrogen-bond acceptors (Lipinski definition) is 2. The van der Waals surface area contributed by atoms with E-state index < -0.39 is 5.97 Å². The molecule has 0 heterocycles. The molecule has 0 atom stereocenters. The summed E-state index contributed by atoms with van der Waals surface area (Å²) in [5.74, 6) is -0.0504. The van der Waals surface area contributed by atoms with Crippen molar-refractivity contribution in [2.45, 2.75) is 20.0 Å². The standard InChI is InChI=1S/C24H22O3/c1-18-9-7-14-21(23(18)27-17-19-10-3-2-4-11-19)15-8-13-20-12-5-6-16-22(20)24(25)26/h2-12,14-16H,13,17H2,1H3,(H,25,26)/b15-8+. The number of rotatable bonds is 7. The van der Waals surface area contributed by atoms with E-state index in [0.29, 0.717) is 18.6 Å². The second-order valence-corrected chi connectivity index (χ2v) is 6.34. The van der Waals surface area contributed by atoms with Gasteiger partial charge in [0.05, 0.1) is 5.56 Å². The van der Waals surface area contributed by atoms with E-state index in [1.165, 1.54) is 0 Å². The largest absolute Gasteiger partial charge is 0.488 e. The lowest BCUT2D eigenvalue weighted by Crippen LogP contribution is -2.01. The van der Waals surface area contributed by atoms with Gasteiger partial charge in [-0.15, -0.1) is 0 Å². The van der Waals surface area contributed by atoms with E-state index in [1.54, 1.807) is 12.1 Å². The van der Waals surface area contributed by atoms with Gasteiger partial charge in [-0.05, 0) is 36.1 Å². The molecule has 0 radical (unpaired) electrons. The number of aryl methyl sites for hydroxylation is 1. The average molecular weight is 358 g/mol. The van der Waals surface area contributed by atoms with Gasteiger partial charge in [-0.25, -0.2) is 4.79 Å². The van der Waals surface area contributed by atoms with Gasteiger partial charge >= 0.3 is 5.97 Å². The zero-order chi connectivity index (χ0) is 19.1. The molecule has 3 aromatic rings. The van der Waals surface area contributed by atoms with Crippen LogP contribution >= 0.6 is 0 Å². The Morgan fingerprint density at radius 2 is 1.70 bits per heavy atom. The zero-order valence-electron chi connectivity index (χ0n) is 15.3. The Kier molecular flexibility index (Phi) is 6.06. The molecular formula is C24H22O3. The number of ether oxygens (including phenoxy) is 1. The highest BCUT2D eigenvalue weighted by Crippen LogP contribution is 2.26. The number of aromatic carboxylic acids is 1. The van der Waals surface area contributed by atoms with Crippen LogP contribution in [0, 0.1) is 6.92 Å². The average Bonchev–Trinajstić information content (AvgIpc) is 2.68. The van der Waals surface area contributed by atoms with Crippen LogP contribution in [0.3, 0.4) is 0 Å². The summed E-state index contributed by atoms with van der Waals surface area (Å²) in [6, 6.07) is 23.2. The Morgan fingerprint density at radius 1 is 0.963 bits per heavy atom. The number of carbonyl (C=O) groups is 1. The van der Waals surface area contributed by atoms with Crippen LogP contribution in [0.15, 0.2) is 78.9 Å². The lowest BCUT2D eigenvalue weighted by molar-refractivity contribution is 0.0696. The molecule has 0 aliphatic carbocycles. The molecule has 0 aliphatic heterocycles. The Labute approximate surface area is 159 Å². The highest BCUT2D eigenvalue weighted by Gasteiger charge is 2.08. The van der Waals surface area contributed by atoms with Gasteiger partial charge in [-0.1, -0.05) is 78.9 Å². The molecule has 0 unspecified atom stereocenters. The van der Waals surface area contributed by atoms with Crippen LogP contribution in [0.25, 0.3) is 6.08 Å². The van der Waals surface area contributed by atoms with Gasteiger partial charge in [-0.2, -0.15) is 0 Å². The van der Waals surface area contributed by atoms with Crippen LogP contribution < -0.4 is 4.74 Å². The summed E-state index contributed by atoms with van der Waals surface area (Å²) in [4.78, 5) is 11.3. The Hall–Kier alpha value is -3.33. The van der Waals surface area contributed by atoms with E-state index >= 15 is 0 Å². The third kappa shape index (κ3) is 4.85. The van der Waals surface area contributed by atoms with Gasteiger partial charge in [0.1, 0.15) is 12.4 Å². The van der Waals surface area contributed by atoms with E-state index in [0.717, 1.165) is 28.0 Å². The molecule has 0 saturated carbocycles. The van der Waals surface area contributed by atoms with Gasteiger partial charge in [0.2, 0.25) is 0 Å². The van der Waals surface area contributed by atoms with E-state index in [4.69, 9.17) is 4.74 Å². The first-order valence-electron chi connectivity index (χ1n) is 8.89. The summed E-state index contributed by atoms with van der Waals surface area (Å²) in [5, 5.41) is 9.30. The molecule has 0 spiro atoms. The second kappa shape index (κ2) is 8.86. The minimum absolute atomic E-state index is 0.340. The van der Waals surface area contributed by atoms with Crippen molar-refractivity contribution in [2.24, 2.45) is 0 Å². The molecule has 0 amide bonds. The van der Waals surface area contributed by atoms with Crippen molar-refractivity contribution in [3.63, 3.8) is 0 Å². The number of carboxylic acid groups (broad SMARTS) is 1. The minimum Gasteiger partial charge on any atom is -0.488 e. The molecule has 0 fully saturated rings. The Bertz CT molecular complexity index is 943. The summed E-state index contributed by atoms with van der Waals surface area (Å²) < 4.78 is 6.07. The number of carboxylic acids is 1. The number of para-hydroxylation sites is 1. The monoisotopic (exact) mass is 358 g/mol. The number of benzene rings is 3. The SMILES string of the molecule is Cc1cccc(/C=C/Cc2ccccc2C(=O)O)c1OCc1ccccc1. The van der Waals surface area contributed by atoms with E-state index in [1.807, 2.05) is 79.7 Å².